The van der Waals surface area contributed by atoms with Crippen molar-refractivity contribution in [3.05, 3.63) is 24.0 Å². The molecule has 0 radical (unpaired) electrons. The molecule has 3 aromatic rings. The second kappa shape index (κ2) is 12.0. The monoisotopic (exact) mass is 574 g/mol. The van der Waals surface area contributed by atoms with Crippen LogP contribution in [-0.4, -0.2) is 81.7 Å². The number of rotatable bonds is 7. The maximum Gasteiger partial charge on any atom is 0.407 e. The number of benzene rings is 1. The van der Waals surface area contributed by atoms with Crippen LogP contribution in [0.25, 0.3) is 17.0 Å². The van der Waals surface area contributed by atoms with Crippen molar-refractivity contribution in [1.29, 1.82) is 0 Å². The second-order valence-corrected chi connectivity index (χ2v) is 11.1. The van der Waals surface area contributed by atoms with Gasteiger partial charge in [0.2, 0.25) is 17.8 Å². The lowest BCUT2D eigenvalue weighted by Gasteiger charge is -2.31. The molecule has 2 N–H and O–H groups in total. The van der Waals surface area contributed by atoms with E-state index in [1.54, 1.807) is 18.2 Å². The molecule has 0 spiro atoms. The number of methoxy groups -OCH3 is 1. The van der Waals surface area contributed by atoms with Gasteiger partial charge < -0.3 is 29.7 Å². The number of halogens is 2. The van der Waals surface area contributed by atoms with Crippen molar-refractivity contribution in [2.24, 2.45) is 0 Å². The van der Waals surface area contributed by atoms with E-state index >= 15 is 0 Å². The molecule has 0 bridgehead atoms. The molecule has 2 fully saturated rings. The minimum absolute atomic E-state index is 0.00150. The normalized spacial score (nSPS) is 19.8. The van der Waals surface area contributed by atoms with Crippen LogP contribution < -0.4 is 20.3 Å². The summed E-state index contributed by atoms with van der Waals surface area (Å²) in [7, 11) is 1.47. The van der Waals surface area contributed by atoms with Gasteiger partial charge in [-0.1, -0.05) is 6.07 Å². The van der Waals surface area contributed by atoms with E-state index in [9.17, 15) is 13.6 Å². The van der Waals surface area contributed by atoms with Gasteiger partial charge in [-0.3, -0.25) is 4.57 Å². The summed E-state index contributed by atoms with van der Waals surface area (Å²) >= 11 is 0. The van der Waals surface area contributed by atoms with Crippen molar-refractivity contribution < 1.29 is 27.8 Å². The molecule has 5 rings (SSSR count). The highest BCUT2D eigenvalue weighted by Crippen LogP contribution is 2.32. The summed E-state index contributed by atoms with van der Waals surface area (Å²) in [5.74, 6) is 0.579. The molecule has 2 aromatic heterocycles. The number of nitrogens with zero attached hydrogens (tertiary/aromatic N) is 6. The Labute approximate surface area is 236 Å². The van der Waals surface area contributed by atoms with Crippen molar-refractivity contribution in [3.8, 4) is 11.7 Å². The number of aromatic nitrogens is 5. The predicted molar refractivity (Wildman–Crippen MR) is 148 cm³/mol. The minimum Gasteiger partial charge on any atom is -0.494 e. The van der Waals surface area contributed by atoms with Gasteiger partial charge in [0.15, 0.2) is 5.82 Å². The van der Waals surface area contributed by atoms with E-state index in [4.69, 9.17) is 14.2 Å². The molecule has 1 aromatic carbocycles. The molecule has 2 aliphatic rings. The fourth-order valence-corrected chi connectivity index (χ4v) is 5.07. The summed E-state index contributed by atoms with van der Waals surface area (Å²) < 4.78 is 46.0. The first kappa shape index (κ1) is 28.7. The van der Waals surface area contributed by atoms with Crippen LogP contribution in [-0.2, 0) is 9.47 Å². The van der Waals surface area contributed by atoms with Gasteiger partial charge in [0.25, 0.3) is 6.43 Å². The van der Waals surface area contributed by atoms with Crippen LogP contribution in [0.5, 0.6) is 5.75 Å². The lowest BCUT2D eigenvalue weighted by Crippen LogP contribution is -2.42. The molecule has 14 heteroatoms. The number of nitrogens with one attached hydrogen (secondary N) is 2. The van der Waals surface area contributed by atoms with E-state index in [1.807, 2.05) is 25.7 Å². The summed E-state index contributed by atoms with van der Waals surface area (Å²) in [6.45, 7) is 7.62. The van der Waals surface area contributed by atoms with Gasteiger partial charge in [-0.2, -0.15) is 15.0 Å². The van der Waals surface area contributed by atoms with Crippen molar-refractivity contribution in [3.63, 3.8) is 0 Å². The molecule has 1 aliphatic heterocycles. The molecule has 222 valence electrons. The van der Waals surface area contributed by atoms with E-state index in [0.717, 1.165) is 25.7 Å². The maximum atomic E-state index is 14.3. The summed E-state index contributed by atoms with van der Waals surface area (Å²) in [6.07, 6.45) is -0.312. The van der Waals surface area contributed by atoms with Crippen molar-refractivity contribution in [1.82, 2.24) is 29.8 Å². The first-order valence-electron chi connectivity index (χ1n) is 13.8. The topological polar surface area (TPSA) is 129 Å². The van der Waals surface area contributed by atoms with Crippen LogP contribution in [0.3, 0.4) is 0 Å². The van der Waals surface area contributed by atoms with Crippen LogP contribution in [0.15, 0.2) is 18.2 Å². The number of amides is 1. The largest absolute Gasteiger partial charge is 0.494 e. The SMILES string of the molecule is COc1cccc2c1nc(C(F)F)n2-c1nc(NC2CCC(NC(=O)OC(C)(C)C)CC2)nc(N2CCOCC2)n1. The first-order valence-corrected chi connectivity index (χ1v) is 13.8. The molecular formula is C27H36F2N8O4. The number of ether oxygens (including phenoxy) is 3. The Morgan fingerprint density at radius 2 is 1.71 bits per heavy atom. The quantitative estimate of drug-likeness (QED) is 0.423. The molecule has 0 atom stereocenters. The van der Waals surface area contributed by atoms with Crippen LogP contribution in [0.4, 0.5) is 25.5 Å². The average Bonchev–Trinajstić information content (AvgIpc) is 3.34. The molecule has 1 saturated heterocycles. The molecule has 12 nitrogen and oxygen atoms in total. The summed E-state index contributed by atoms with van der Waals surface area (Å²) in [6, 6.07) is 5.08. The van der Waals surface area contributed by atoms with Crippen LogP contribution >= 0.6 is 0 Å². The smallest absolute Gasteiger partial charge is 0.407 e. The number of imidazole rings is 1. The number of hydrogen-bond donors (Lipinski definition) is 2. The Hall–Kier alpha value is -3.81. The summed E-state index contributed by atoms with van der Waals surface area (Å²) in [5.41, 5.74) is 0.134. The maximum absolute atomic E-state index is 14.3. The van der Waals surface area contributed by atoms with Gasteiger partial charge in [-0.15, -0.1) is 0 Å². The molecular weight excluding hydrogens is 538 g/mol. The lowest BCUT2D eigenvalue weighted by molar-refractivity contribution is 0.0492. The number of hydrogen-bond acceptors (Lipinski definition) is 10. The first-order chi connectivity index (χ1) is 19.6. The number of fused-ring (bicyclic) bond motifs is 1. The van der Waals surface area contributed by atoms with Gasteiger partial charge in [0.1, 0.15) is 16.9 Å². The fourth-order valence-electron chi connectivity index (χ4n) is 5.07. The van der Waals surface area contributed by atoms with Gasteiger partial charge in [0.05, 0.1) is 25.8 Å². The number of carbonyl (C=O) groups excluding carboxylic acids is 1. The Morgan fingerprint density at radius 3 is 2.37 bits per heavy atom. The number of alkyl halides is 2. The number of para-hydroxylation sites is 1. The lowest BCUT2D eigenvalue weighted by atomic mass is 9.91. The highest BCUT2D eigenvalue weighted by Gasteiger charge is 2.28. The minimum atomic E-state index is -2.88. The molecule has 3 heterocycles. The zero-order valence-electron chi connectivity index (χ0n) is 23.7. The third-order valence-corrected chi connectivity index (χ3v) is 6.98. The van der Waals surface area contributed by atoms with E-state index in [-0.39, 0.29) is 24.0 Å². The third-order valence-electron chi connectivity index (χ3n) is 6.98. The molecule has 1 aliphatic carbocycles. The predicted octanol–water partition coefficient (Wildman–Crippen LogP) is 4.24. The van der Waals surface area contributed by atoms with Crippen LogP contribution in [0.2, 0.25) is 0 Å². The molecule has 1 amide bonds. The summed E-state index contributed by atoms with van der Waals surface area (Å²) in [4.78, 5) is 32.2. The van der Waals surface area contributed by atoms with Gasteiger partial charge in [-0.05, 0) is 58.6 Å². The number of anilines is 2. The highest BCUT2D eigenvalue weighted by atomic mass is 19.3. The zero-order valence-corrected chi connectivity index (χ0v) is 23.7. The molecule has 41 heavy (non-hydrogen) atoms. The second-order valence-electron chi connectivity index (χ2n) is 11.1. The Bertz CT molecular complexity index is 1370. The summed E-state index contributed by atoms with van der Waals surface area (Å²) in [5, 5.41) is 6.33. The molecule has 1 saturated carbocycles. The highest BCUT2D eigenvalue weighted by molar-refractivity contribution is 5.84. The Balaban J connectivity index is 1.42. The van der Waals surface area contributed by atoms with E-state index in [2.05, 4.69) is 30.6 Å². The van der Waals surface area contributed by atoms with E-state index < -0.39 is 23.9 Å². The van der Waals surface area contributed by atoms with Crippen molar-refractivity contribution in [2.45, 2.75) is 70.6 Å². The van der Waals surface area contributed by atoms with Crippen molar-refractivity contribution >= 4 is 29.0 Å². The van der Waals surface area contributed by atoms with E-state index in [0.29, 0.717) is 49.0 Å². The number of morpholine rings is 1. The van der Waals surface area contributed by atoms with E-state index in [1.165, 1.54) is 11.7 Å². The zero-order chi connectivity index (χ0) is 29.1. The Kier molecular flexibility index (Phi) is 8.38. The standard InChI is InChI=1S/C27H36F2N8O4/c1-27(2,3)41-26(38)31-17-10-8-16(9-11-17)30-23-33-24(36-12-14-40-15-13-36)35-25(34-23)37-18-6-5-7-19(39-4)20(18)32-22(37)21(28)29/h5-7,16-17,21H,8-15H2,1-4H3,(H,31,38)(H,30,33,34,35). The van der Waals surface area contributed by atoms with Gasteiger partial charge >= 0.3 is 6.09 Å². The fraction of sp³-hybridized carbons (Fsp3) is 0.593. The third kappa shape index (κ3) is 6.75. The number of carbonyl (C=O) groups is 1. The Morgan fingerprint density at radius 1 is 1.02 bits per heavy atom. The van der Waals surface area contributed by atoms with Crippen LogP contribution in [0.1, 0.15) is 58.7 Å². The average molecular weight is 575 g/mol. The molecule has 0 unspecified atom stereocenters. The van der Waals surface area contributed by atoms with Crippen LogP contribution in [0, 0.1) is 0 Å². The van der Waals surface area contributed by atoms with Crippen molar-refractivity contribution in [2.75, 3.05) is 43.6 Å². The number of alkyl carbamates (subject to hydrolysis) is 1. The van der Waals surface area contributed by atoms with Gasteiger partial charge in [0, 0.05) is 25.2 Å². The van der Waals surface area contributed by atoms with Gasteiger partial charge in [-0.25, -0.2) is 18.6 Å².